The van der Waals surface area contributed by atoms with Crippen LogP contribution >= 0.6 is 0 Å². The summed E-state index contributed by atoms with van der Waals surface area (Å²) >= 11 is 0. The number of ketones is 1. The fraction of sp³-hybridized carbons (Fsp3) is 0.273. The summed E-state index contributed by atoms with van der Waals surface area (Å²) in [6, 6.07) is 10.4. The van der Waals surface area contributed by atoms with Crippen LogP contribution in [0.3, 0.4) is 0 Å². The molecule has 1 amide bonds. The quantitative estimate of drug-likeness (QED) is 0.790. The number of fused-ring (bicyclic) bond motifs is 1. The molecule has 0 saturated heterocycles. The number of carbonyl (C=O) groups is 2. The van der Waals surface area contributed by atoms with Gasteiger partial charge in [-0.2, -0.15) is 0 Å². The molecule has 0 aliphatic carbocycles. The lowest BCUT2D eigenvalue weighted by Crippen LogP contribution is -2.35. The minimum absolute atomic E-state index is 0.000918. The number of nitrogens with one attached hydrogen (secondary N) is 1. The predicted molar refractivity (Wildman–Crippen MR) is 107 cm³/mol. The summed E-state index contributed by atoms with van der Waals surface area (Å²) < 4.78 is 16.3. The van der Waals surface area contributed by atoms with Gasteiger partial charge < -0.3 is 19.5 Å². The molecule has 0 saturated carbocycles. The van der Waals surface area contributed by atoms with Gasteiger partial charge in [0.2, 0.25) is 5.91 Å². The number of Topliss-reactive ketones (excluding diaryl/α,β-unsaturated/α-hetero) is 1. The molecule has 1 aliphatic heterocycles. The highest BCUT2D eigenvalue weighted by Crippen LogP contribution is 2.34. The lowest BCUT2D eigenvalue weighted by molar-refractivity contribution is -0.111. The first-order valence-corrected chi connectivity index (χ1v) is 8.89. The Hall–Kier alpha value is -3.28. The SMILES string of the molecule is COc1ccc(OC)c(/C=C/C(=O)Nc2ccc3c(c2)C(=O)CC(C)(C)O3)c1. The Bertz CT molecular complexity index is 946. The highest BCUT2D eigenvalue weighted by atomic mass is 16.5. The number of anilines is 1. The van der Waals surface area contributed by atoms with Gasteiger partial charge in [-0.1, -0.05) is 0 Å². The zero-order chi connectivity index (χ0) is 20.3. The third-order valence-corrected chi connectivity index (χ3v) is 4.37. The molecule has 28 heavy (non-hydrogen) atoms. The summed E-state index contributed by atoms with van der Waals surface area (Å²) in [7, 11) is 3.14. The molecular weight excluding hydrogens is 358 g/mol. The summed E-state index contributed by atoms with van der Waals surface area (Å²) in [6.45, 7) is 3.75. The van der Waals surface area contributed by atoms with Gasteiger partial charge in [-0.05, 0) is 56.3 Å². The first-order chi connectivity index (χ1) is 13.3. The van der Waals surface area contributed by atoms with E-state index in [1.54, 1.807) is 56.7 Å². The fourth-order valence-electron chi connectivity index (χ4n) is 3.05. The van der Waals surface area contributed by atoms with Crippen molar-refractivity contribution in [2.75, 3.05) is 19.5 Å². The molecule has 0 radical (unpaired) electrons. The molecule has 1 aliphatic rings. The van der Waals surface area contributed by atoms with E-state index < -0.39 is 5.60 Å². The van der Waals surface area contributed by atoms with Crippen LogP contribution in [0.25, 0.3) is 6.08 Å². The van der Waals surface area contributed by atoms with Crippen LogP contribution in [0.2, 0.25) is 0 Å². The van der Waals surface area contributed by atoms with E-state index in [0.717, 1.165) is 0 Å². The highest BCUT2D eigenvalue weighted by Gasteiger charge is 2.32. The van der Waals surface area contributed by atoms with Crippen LogP contribution in [0.4, 0.5) is 5.69 Å². The van der Waals surface area contributed by atoms with Gasteiger partial charge in [-0.3, -0.25) is 9.59 Å². The van der Waals surface area contributed by atoms with Crippen LogP contribution in [0, 0.1) is 0 Å². The fourth-order valence-corrected chi connectivity index (χ4v) is 3.05. The van der Waals surface area contributed by atoms with Crippen molar-refractivity contribution in [1.82, 2.24) is 0 Å². The summed E-state index contributed by atoms with van der Waals surface area (Å²) in [5, 5.41) is 2.76. The monoisotopic (exact) mass is 381 g/mol. The third-order valence-electron chi connectivity index (χ3n) is 4.37. The van der Waals surface area contributed by atoms with Crippen LogP contribution in [-0.2, 0) is 4.79 Å². The molecule has 0 bridgehead atoms. The van der Waals surface area contributed by atoms with E-state index in [0.29, 0.717) is 40.5 Å². The van der Waals surface area contributed by atoms with Crippen LogP contribution in [0.5, 0.6) is 17.2 Å². The van der Waals surface area contributed by atoms with Crippen molar-refractivity contribution in [2.45, 2.75) is 25.9 Å². The molecule has 2 aromatic rings. The number of benzene rings is 2. The molecule has 6 heteroatoms. The normalized spacial score (nSPS) is 14.9. The molecule has 146 valence electrons. The molecule has 2 aromatic carbocycles. The zero-order valence-corrected chi connectivity index (χ0v) is 16.4. The first-order valence-electron chi connectivity index (χ1n) is 8.89. The Morgan fingerprint density at radius 3 is 2.64 bits per heavy atom. The van der Waals surface area contributed by atoms with Crippen LogP contribution < -0.4 is 19.5 Å². The van der Waals surface area contributed by atoms with Gasteiger partial charge in [-0.15, -0.1) is 0 Å². The molecular formula is C22H23NO5. The molecule has 0 unspecified atom stereocenters. The highest BCUT2D eigenvalue weighted by molar-refractivity contribution is 6.05. The standard InChI is InChI=1S/C22H23NO5/c1-22(2)13-18(24)17-12-15(6-8-20(17)28-22)23-21(25)10-5-14-11-16(26-3)7-9-19(14)27-4/h5-12H,13H2,1-4H3,(H,23,25)/b10-5+. The van der Waals surface area contributed by atoms with E-state index in [4.69, 9.17) is 14.2 Å². The van der Waals surface area contributed by atoms with Gasteiger partial charge in [0.05, 0.1) is 26.2 Å². The Kier molecular flexibility index (Phi) is 5.40. The predicted octanol–water partition coefficient (Wildman–Crippen LogP) is 4.10. The van der Waals surface area contributed by atoms with Gasteiger partial charge in [-0.25, -0.2) is 0 Å². The van der Waals surface area contributed by atoms with Crippen molar-refractivity contribution in [3.63, 3.8) is 0 Å². The summed E-state index contributed by atoms with van der Waals surface area (Å²) in [4.78, 5) is 24.7. The number of ether oxygens (including phenoxy) is 3. The average Bonchev–Trinajstić information content (AvgIpc) is 2.66. The largest absolute Gasteiger partial charge is 0.497 e. The molecule has 1 heterocycles. The van der Waals surface area contributed by atoms with Gasteiger partial charge in [0.1, 0.15) is 22.8 Å². The maximum atomic E-state index is 12.3. The van der Waals surface area contributed by atoms with Crippen molar-refractivity contribution in [2.24, 2.45) is 0 Å². The number of methoxy groups -OCH3 is 2. The molecule has 0 fully saturated rings. The minimum atomic E-state index is -0.520. The lowest BCUT2D eigenvalue weighted by Gasteiger charge is -2.31. The van der Waals surface area contributed by atoms with E-state index in [1.165, 1.54) is 6.08 Å². The van der Waals surface area contributed by atoms with E-state index in [9.17, 15) is 9.59 Å². The van der Waals surface area contributed by atoms with Crippen molar-refractivity contribution < 1.29 is 23.8 Å². The van der Waals surface area contributed by atoms with Crippen molar-refractivity contribution >= 4 is 23.5 Å². The smallest absolute Gasteiger partial charge is 0.248 e. The van der Waals surface area contributed by atoms with Crippen LogP contribution in [-0.4, -0.2) is 31.5 Å². The van der Waals surface area contributed by atoms with Gasteiger partial charge in [0.25, 0.3) is 0 Å². The second kappa shape index (κ2) is 7.76. The second-order valence-corrected chi connectivity index (χ2v) is 7.10. The Morgan fingerprint density at radius 1 is 1.14 bits per heavy atom. The number of amides is 1. The number of hydrogen-bond donors (Lipinski definition) is 1. The molecule has 0 atom stereocenters. The number of carbonyl (C=O) groups excluding carboxylic acids is 2. The van der Waals surface area contributed by atoms with E-state index >= 15 is 0 Å². The van der Waals surface area contributed by atoms with Gasteiger partial charge >= 0.3 is 0 Å². The molecule has 0 spiro atoms. The number of rotatable bonds is 5. The Morgan fingerprint density at radius 2 is 1.93 bits per heavy atom. The Balaban J connectivity index is 1.75. The van der Waals surface area contributed by atoms with Crippen molar-refractivity contribution in [3.05, 3.63) is 53.6 Å². The van der Waals surface area contributed by atoms with Crippen molar-refractivity contribution in [3.8, 4) is 17.2 Å². The van der Waals surface area contributed by atoms with E-state index in [-0.39, 0.29) is 11.7 Å². The van der Waals surface area contributed by atoms with E-state index in [1.807, 2.05) is 13.8 Å². The number of hydrogen-bond acceptors (Lipinski definition) is 5. The Labute approximate surface area is 164 Å². The molecule has 0 aromatic heterocycles. The summed E-state index contributed by atoms with van der Waals surface area (Å²) in [6.07, 6.45) is 3.34. The molecule has 3 rings (SSSR count). The van der Waals surface area contributed by atoms with Crippen LogP contribution in [0.15, 0.2) is 42.5 Å². The van der Waals surface area contributed by atoms with E-state index in [2.05, 4.69) is 5.32 Å². The van der Waals surface area contributed by atoms with Crippen LogP contribution in [0.1, 0.15) is 36.2 Å². The maximum absolute atomic E-state index is 12.3. The molecule has 1 N–H and O–H groups in total. The third kappa shape index (κ3) is 4.34. The van der Waals surface area contributed by atoms with Gasteiger partial charge in [0.15, 0.2) is 5.78 Å². The summed E-state index contributed by atoms with van der Waals surface area (Å²) in [5.41, 5.74) is 1.21. The average molecular weight is 381 g/mol. The second-order valence-electron chi connectivity index (χ2n) is 7.10. The topological polar surface area (TPSA) is 73.9 Å². The van der Waals surface area contributed by atoms with Gasteiger partial charge in [0, 0.05) is 17.3 Å². The maximum Gasteiger partial charge on any atom is 0.248 e. The lowest BCUT2D eigenvalue weighted by atomic mass is 9.93. The zero-order valence-electron chi connectivity index (χ0n) is 16.4. The first kappa shape index (κ1) is 19.5. The minimum Gasteiger partial charge on any atom is -0.497 e. The molecule has 6 nitrogen and oxygen atoms in total. The van der Waals surface area contributed by atoms with Crippen molar-refractivity contribution in [1.29, 1.82) is 0 Å². The summed E-state index contributed by atoms with van der Waals surface area (Å²) in [5.74, 6) is 1.50.